The first-order valence-electron chi connectivity index (χ1n) is 7.11. The van der Waals surface area contributed by atoms with Gasteiger partial charge in [0.15, 0.2) is 6.10 Å². The number of amides is 1. The summed E-state index contributed by atoms with van der Waals surface area (Å²) in [5.74, 6) is -2.48. The van der Waals surface area contributed by atoms with E-state index in [1.54, 1.807) is 0 Å². The van der Waals surface area contributed by atoms with E-state index in [-0.39, 0.29) is 18.1 Å². The Kier molecular flexibility index (Phi) is 5.35. The average molecular weight is 357 g/mol. The Hall–Kier alpha value is -2.97. The zero-order valence-corrected chi connectivity index (χ0v) is 13.0. The van der Waals surface area contributed by atoms with Crippen molar-refractivity contribution in [3.8, 4) is 5.75 Å². The maximum absolute atomic E-state index is 12.9. The molecule has 9 heteroatoms. The zero-order chi connectivity index (χ0) is 18.6. The number of hydrogen-bond acceptors (Lipinski definition) is 4. The SMILES string of the molecule is CC(Oc1ccccc1C(F)(F)F)C(=O)NCc1ccc(C(=O)O)o1. The summed E-state index contributed by atoms with van der Waals surface area (Å²) in [6.45, 7) is 1.17. The lowest BCUT2D eigenvalue weighted by Crippen LogP contribution is -2.36. The van der Waals surface area contributed by atoms with Crippen LogP contribution in [0.3, 0.4) is 0 Å². The van der Waals surface area contributed by atoms with E-state index in [0.29, 0.717) is 0 Å². The molecule has 0 spiro atoms. The predicted octanol–water partition coefficient (Wildman–Crippen LogP) is 3.08. The van der Waals surface area contributed by atoms with Crippen LogP contribution in [-0.4, -0.2) is 23.1 Å². The average Bonchev–Trinajstić information content (AvgIpc) is 3.01. The second-order valence-electron chi connectivity index (χ2n) is 5.04. The first-order valence-corrected chi connectivity index (χ1v) is 7.11. The largest absolute Gasteiger partial charge is 0.480 e. The Balaban J connectivity index is 1.98. The first kappa shape index (κ1) is 18.4. The fourth-order valence-electron chi connectivity index (χ4n) is 1.95. The molecule has 1 aromatic heterocycles. The summed E-state index contributed by atoms with van der Waals surface area (Å²) in [7, 11) is 0. The van der Waals surface area contributed by atoms with Crippen LogP contribution < -0.4 is 10.1 Å². The summed E-state index contributed by atoms with van der Waals surface area (Å²) in [6, 6.07) is 7.16. The Morgan fingerprint density at radius 2 is 1.92 bits per heavy atom. The van der Waals surface area contributed by atoms with Crippen molar-refractivity contribution in [2.75, 3.05) is 0 Å². The van der Waals surface area contributed by atoms with Crippen molar-refractivity contribution in [2.24, 2.45) is 0 Å². The van der Waals surface area contributed by atoms with Gasteiger partial charge in [0.2, 0.25) is 5.76 Å². The molecule has 0 radical (unpaired) electrons. The molecular formula is C16H14F3NO5. The van der Waals surface area contributed by atoms with Crippen molar-refractivity contribution in [3.05, 3.63) is 53.5 Å². The Morgan fingerprint density at radius 3 is 2.52 bits per heavy atom. The smallest absolute Gasteiger partial charge is 0.419 e. The summed E-state index contributed by atoms with van der Waals surface area (Å²) in [5.41, 5.74) is -0.980. The molecule has 0 aliphatic carbocycles. The summed E-state index contributed by atoms with van der Waals surface area (Å²) < 4.78 is 48.8. The van der Waals surface area contributed by atoms with E-state index in [2.05, 4.69) is 5.32 Å². The lowest BCUT2D eigenvalue weighted by Gasteiger charge is -2.18. The summed E-state index contributed by atoms with van der Waals surface area (Å²) in [6.07, 6.45) is -5.80. The highest BCUT2D eigenvalue weighted by Gasteiger charge is 2.34. The Labute approximate surface area is 140 Å². The molecule has 0 saturated heterocycles. The van der Waals surface area contributed by atoms with E-state index in [4.69, 9.17) is 14.3 Å². The third kappa shape index (κ3) is 4.75. The van der Waals surface area contributed by atoms with Crippen LogP contribution in [0.25, 0.3) is 0 Å². The van der Waals surface area contributed by atoms with Gasteiger partial charge in [-0.05, 0) is 31.2 Å². The van der Waals surface area contributed by atoms with Gasteiger partial charge in [-0.25, -0.2) is 4.79 Å². The van der Waals surface area contributed by atoms with Gasteiger partial charge in [-0.1, -0.05) is 12.1 Å². The number of aromatic carboxylic acids is 1. The van der Waals surface area contributed by atoms with Gasteiger partial charge in [0, 0.05) is 0 Å². The highest BCUT2D eigenvalue weighted by atomic mass is 19.4. The third-order valence-corrected chi connectivity index (χ3v) is 3.17. The van der Waals surface area contributed by atoms with Gasteiger partial charge < -0.3 is 19.6 Å². The third-order valence-electron chi connectivity index (χ3n) is 3.17. The summed E-state index contributed by atoms with van der Waals surface area (Å²) in [5, 5.41) is 11.1. The van der Waals surface area contributed by atoms with Gasteiger partial charge >= 0.3 is 12.1 Å². The van der Waals surface area contributed by atoms with Crippen LogP contribution in [0.15, 0.2) is 40.8 Å². The number of hydrogen-bond donors (Lipinski definition) is 2. The molecule has 0 fully saturated rings. The maximum Gasteiger partial charge on any atom is 0.419 e. The molecule has 6 nitrogen and oxygen atoms in total. The van der Waals surface area contributed by atoms with Crippen molar-refractivity contribution in [3.63, 3.8) is 0 Å². The number of carbonyl (C=O) groups excluding carboxylic acids is 1. The highest BCUT2D eigenvalue weighted by Crippen LogP contribution is 2.36. The molecule has 0 saturated carbocycles. The molecule has 0 aliphatic heterocycles. The van der Waals surface area contributed by atoms with Crippen LogP contribution in [-0.2, 0) is 17.5 Å². The molecule has 1 atom stereocenters. The van der Waals surface area contributed by atoms with Crippen LogP contribution in [0, 0.1) is 0 Å². The second kappa shape index (κ2) is 7.29. The van der Waals surface area contributed by atoms with E-state index >= 15 is 0 Å². The molecule has 2 N–H and O–H groups in total. The molecule has 25 heavy (non-hydrogen) atoms. The number of benzene rings is 1. The fourth-order valence-corrected chi connectivity index (χ4v) is 1.95. The molecule has 1 amide bonds. The number of carboxylic acid groups (broad SMARTS) is 1. The molecule has 0 aliphatic rings. The van der Waals surface area contributed by atoms with Crippen molar-refractivity contribution in [1.82, 2.24) is 5.32 Å². The number of carboxylic acids is 1. The van der Waals surface area contributed by atoms with Gasteiger partial charge in [0.1, 0.15) is 11.5 Å². The predicted molar refractivity (Wildman–Crippen MR) is 79.0 cm³/mol. The minimum atomic E-state index is -4.60. The van der Waals surface area contributed by atoms with Crippen LogP contribution in [0.4, 0.5) is 13.2 Å². The number of nitrogens with one attached hydrogen (secondary N) is 1. The molecule has 0 bridgehead atoms. The standard InChI is InChI=1S/C16H14F3NO5/c1-9(24-12-5-3-2-4-11(12)16(17,18)19)14(21)20-8-10-6-7-13(25-10)15(22)23/h2-7,9H,8H2,1H3,(H,20,21)(H,22,23). The molecule has 1 heterocycles. The number of ether oxygens (including phenoxy) is 1. The Morgan fingerprint density at radius 1 is 1.24 bits per heavy atom. The van der Waals surface area contributed by atoms with Crippen LogP contribution in [0.2, 0.25) is 0 Å². The number of furan rings is 1. The van der Waals surface area contributed by atoms with Crippen molar-refractivity contribution < 1.29 is 37.0 Å². The van der Waals surface area contributed by atoms with Crippen LogP contribution >= 0.6 is 0 Å². The van der Waals surface area contributed by atoms with E-state index < -0.39 is 35.5 Å². The highest BCUT2D eigenvalue weighted by molar-refractivity contribution is 5.84. The minimum absolute atomic E-state index is 0.124. The number of rotatable bonds is 6. The van der Waals surface area contributed by atoms with E-state index in [1.807, 2.05) is 0 Å². The molecule has 1 unspecified atom stereocenters. The van der Waals surface area contributed by atoms with Gasteiger partial charge in [-0.15, -0.1) is 0 Å². The fraction of sp³-hybridized carbons (Fsp3) is 0.250. The van der Waals surface area contributed by atoms with E-state index in [9.17, 15) is 22.8 Å². The Bertz CT molecular complexity index is 769. The van der Waals surface area contributed by atoms with Gasteiger partial charge in [0.05, 0.1) is 12.1 Å². The summed E-state index contributed by atoms with van der Waals surface area (Å²) >= 11 is 0. The van der Waals surface area contributed by atoms with Crippen molar-refractivity contribution >= 4 is 11.9 Å². The van der Waals surface area contributed by atoms with Crippen LogP contribution in [0.5, 0.6) is 5.75 Å². The molecule has 1 aromatic carbocycles. The number of para-hydroxylation sites is 1. The lowest BCUT2D eigenvalue weighted by atomic mass is 10.2. The quantitative estimate of drug-likeness (QED) is 0.829. The first-order chi connectivity index (χ1) is 11.7. The molecular weight excluding hydrogens is 343 g/mol. The zero-order valence-electron chi connectivity index (χ0n) is 13.0. The van der Waals surface area contributed by atoms with Crippen molar-refractivity contribution in [2.45, 2.75) is 25.7 Å². The van der Waals surface area contributed by atoms with Gasteiger partial charge in [-0.2, -0.15) is 13.2 Å². The minimum Gasteiger partial charge on any atom is -0.480 e. The number of halogens is 3. The normalized spacial score (nSPS) is 12.5. The maximum atomic E-state index is 12.9. The van der Waals surface area contributed by atoms with Gasteiger partial charge in [-0.3, -0.25) is 4.79 Å². The summed E-state index contributed by atoms with van der Waals surface area (Å²) in [4.78, 5) is 22.6. The van der Waals surface area contributed by atoms with Crippen LogP contribution in [0.1, 0.15) is 28.8 Å². The van der Waals surface area contributed by atoms with Gasteiger partial charge in [0.25, 0.3) is 5.91 Å². The monoisotopic (exact) mass is 357 g/mol. The number of carbonyl (C=O) groups is 2. The topological polar surface area (TPSA) is 88.8 Å². The molecule has 2 aromatic rings. The van der Waals surface area contributed by atoms with E-state index in [1.165, 1.54) is 31.2 Å². The second-order valence-corrected chi connectivity index (χ2v) is 5.04. The van der Waals surface area contributed by atoms with Crippen molar-refractivity contribution in [1.29, 1.82) is 0 Å². The number of alkyl halides is 3. The molecule has 2 rings (SSSR count). The lowest BCUT2D eigenvalue weighted by molar-refractivity contribution is -0.140. The van der Waals surface area contributed by atoms with E-state index in [0.717, 1.165) is 12.1 Å². The molecule has 134 valence electrons.